The van der Waals surface area contributed by atoms with Crippen molar-refractivity contribution in [3.05, 3.63) is 130 Å². The van der Waals surface area contributed by atoms with Crippen molar-refractivity contribution in [1.29, 1.82) is 0 Å². The molecule has 0 fully saturated rings. The van der Waals surface area contributed by atoms with Gasteiger partial charge in [0.1, 0.15) is 11.6 Å². The third kappa shape index (κ3) is 7.95. The van der Waals surface area contributed by atoms with E-state index in [0.717, 1.165) is 58.8 Å². The number of carboxylic acids is 1. The fraction of sp³-hybridized carbons (Fsp3) is 0.167. The van der Waals surface area contributed by atoms with E-state index in [0.29, 0.717) is 28.7 Å². The van der Waals surface area contributed by atoms with E-state index in [1.54, 1.807) is 30.4 Å². The van der Waals surface area contributed by atoms with Crippen molar-refractivity contribution in [3.63, 3.8) is 0 Å². The summed E-state index contributed by atoms with van der Waals surface area (Å²) < 4.78 is 7.80. The van der Waals surface area contributed by atoms with Crippen LogP contribution in [-0.4, -0.2) is 27.2 Å². The van der Waals surface area contributed by atoms with Crippen molar-refractivity contribution < 1.29 is 14.6 Å². The smallest absolute Gasteiger partial charge is 0.335 e. The summed E-state index contributed by atoms with van der Waals surface area (Å²) in [6.45, 7) is 3.36. The van der Waals surface area contributed by atoms with Crippen molar-refractivity contribution in [2.45, 2.75) is 32.7 Å². The van der Waals surface area contributed by atoms with E-state index >= 15 is 0 Å². The zero-order valence-corrected chi connectivity index (χ0v) is 25.4. The number of benzene rings is 3. The Morgan fingerprint density at radius 3 is 2.47 bits per heavy atom. The number of halogens is 2. The molecule has 0 aliphatic heterocycles. The van der Waals surface area contributed by atoms with Crippen LogP contribution in [0.25, 0.3) is 34.5 Å². The molecule has 1 heterocycles. The monoisotopic (exact) mass is 610 g/mol. The Morgan fingerprint density at radius 1 is 1.02 bits per heavy atom. The summed E-state index contributed by atoms with van der Waals surface area (Å²) in [4.78, 5) is 16.5. The van der Waals surface area contributed by atoms with Crippen LogP contribution in [0, 0.1) is 0 Å². The summed E-state index contributed by atoms with van der Waals surface area (Å²) in [6, 6.07) is 21.9. The second-order valence-electron chi connectivity index (χ2n) is 10.3. The topological polar surface area (TPSA) is 64.4 Å². The van der Waals surface area contributed by atoms with Gasteiger partial charge in [-0.3, -0.25) is 0 Å². The second-order valence-corrected chi connectivity index (χ2v) is 11.1. The first-order chi connectivity index (χ1) is 20.9. The lowest BCUT2D eigenvalue weighted by atomic mass is 10.0. The molecule has 5 rings (SSSR count). The van der Waals surface area contributed by atoms with Gasteiger partial charge in [0.15, 0.2) is 0 Å². The van der Waals surface area contributed by atoms with Crippen LogP contribution < -0.4 is 4.74 Å². The van der Waals surface area contributed by atoms with Crippen molar-refractivity contribution in [3.8, 4) is 28.1 Å². The SMILES string of the molecule is CCCCOc1ccc(-c2ccc(/C=C/c3nc(-c4ccc(Cl)cc4Cl)cn3CC3=CC(C(=O)O)=CC=CC3)cc2)cc1. The highest BCUT2D eigenvalue weighted by molar-refractivity contribution is 6.36. The molecule has 218 valence electrons. The van der Waals surface area contributed by atoms with Crippen LogP contribution in [0.4, 0.5) is 0 Å². The Balaban J connectivity index is 1.39. The minimum atomic E-state index is -0.955. The number of allylic oxidation sites excluding steroid dienone is 4. The highest BCUT2D eigenvalue weighted by atomic mass is 35.5. The number of carbonyl (C=O) groups is 1. The third-order valence-electron chi connectivity index (χ3n) is 7.08. The molecule has 0 amide bonds. The van der Waals surface area contributed by atoms with E-state index < -0.39 is 5.97 Å². The Morgan fingerprint density at radius 2 is 1.77 bits per heavy atom. The van der Waals surface area contributed by atoms with Gasteiger partial charge in [-0.05, 0) is 83.7 Å². The van der Waals surface area contributed by atoms with E-state index in [1.165, 1.54) is 0 Å². The first-order valence-electron chi connectivity index (χ1n) is 14.2. The summed E-state index contributed by atoms with van der Waals surface area (Å²) in [5.74, 6) is 0.652. The van der Waals surface area contributed by atoms with E-state index in [9.17, 15) is 9.90 Å². The van der Waals surface area contributed by atoms with Gasteiger partial charge < -0.3 is 14.4 Å². The molecule has 7 heteroatoms. The van der Waals surface area contributed by atoms with Gasteiger partial charge in [0.2, 0.25) is 0 Å². The fourth-order valence-electron chi connectivity index (χ4n) is 4.73. The van der Waals surface area contributed by atoms with E-state index in [2.05, 4.69) is 43.3 Å². The summed E-state index contributed by atoms with van der Waals surface area (Å²) in [6.07, 6.45) is 15.8. The molecular weight excluding hydrogens is 579 g/mol. The lowest BCUT2D eigenvalue weighted by molar-refractivity contribution is -0.132. The van der Waals surface area contributed by atoms with Crippen LogP contribution in [0.2, 0.25) is 10.0 Å². The Labute approximate surface area is 262 Å². The first kappa shape index (κ1) is 30.1. The average molecular weight is 612 g/mol. The molecule has 0 bridgehead atoms. The van der Waals surface area contributed by atoms with Crippen LogP contribution in [-0.2, 0) is 11.3 Å². The maximum atomic E-state index is 11.7. The summed E-state index contributed by atoms with van der Waals surface area (Å²) in [5, 5.41) is 10.6. The maximum absolute atomic E-state index is 11.7. The number of hydrogen-bond acceptors (Lipinski definition) is 3. The quantitative estimate of drug-likeness (QED) is 0.172. The second kappa shape index (κ2) is 14.2. The third-order valence-corrected chi connectivity index (χ3v) is 7.62. The highest BCUT2D eigenvalue weighted by Gasteiger charge is 2.14. The number of ether oxygens (including phenoxy) is 1. The molecule has 0 saturated carbocycles. The minimum Gasteiger partial charge on any atom is -0.494 e. The predicted molar refractivity (Wildman–Crippen MR) is 176 cm³/mol. The number of rotatable bonds is 11. The highest BCUT2D eigenvalue weighted by Crippen LogP contribution is 2.31. The molecule has 1 aliphatic rings. The number of imidazole rings is 1. The predicted octanol–water partition coefficient (Wildman–Crippen LogP) is 9.77. The lowest BCUT2D eigenvalue weighted by Gasteiger charge is -2.08. The first-order valence-corrected chi connectivity index (χ1v) is 15.0. The van der Waals surface area contributed by atoms with Gasteiger partial charge in [0.25, 0.3) is 0 Å². The van der Waals surface area contributed by atoms with E-state index in [4.69, 9.17) is 32.9 Å². The van der Waals surface area contributed by atoms with Crippen LogP contribution in [0.15, 0.2) is 108 Å². The van der Waals surface area contributed by atoms with Crippen molar-refractivity contribution in [2.24, 2.45) is 0 Å². The number of nitrogens with zero attached hydrogens (tertiary/aromatic N) is 2. The molecule has 0 saturated heterocycles. The molecule has 0 atom stereocenters. The molecule has 43 heavy (non-hydrogen) atoms. The molecule has 1 aromatic heterocycles. The minimum absolute atomic E-state index is 0.251. The van der Waals surface area contributed by atoms with Gasteiger partial charge in [-0.1, -0.05) is 91.2 Å². The molecule has 0 unspecified atom stereocenters. The van der Waals surface area contributed by atoms with E-state index in [1.807, 2.05) is 47.2 Å². The van der Waals surface area contributed by atoms with Crippen LogP contribution in [0.5, 0.6) is 5.75 Å². The Bertz CT molecular complexity index is 1710. The van der Waals surface area contributed by atoms with Gasteiger partial charge in [0, 0.05) is 23.3 Å². The van der Waals surface area contributed by atoms with E-state index in [-0.39, 0.29) is 5.57 Å². The normalized spacial score (nSPS) is 13.1. The Hall–Kier alpha value is -4.32. The summed E-state index contributed by atoms with van der Waals surface area (Å²) >= 11 is 12.6. The fourth-order valence-corrected chi connectivity index (χ4v) is 5.24. The average Bonchev–Trinajstić information content (AvgIpc) is 3.23. The van der Waals surface area contributed by atoms with Crippen molar-refractivity contribution in [1.82, 2.24) is 9.55 Å². The van der Waals surface area contributed by atoms with Gasteiger partial charge in [0.05, 0.1) is 22.9 Å². The summed E-state index contributed by atoms with van der Waals surface area (Å²) in [7, 11) is 0. The lowest BCUT2D eigenvalue weighted by Crippen LogP contribution is -2.04. The number of aliphatic carboxylic acids is 1. The largest absolute Gasteiger partial charge is 0.494 e. The van der Waals surface area contributed by atoms with Gasteiger partial charge in [-0.25, -0.2) is 9.78 Å². The molecule has 1 N–H and O–H groups in total. The Kier molecular flexibility index (Phi) is 9.98. The van der Waals surface area contributed by atoms with Crippen LogP contribution in [0.1, 0.15) is 37.6 Å². The van der Waals surface area contributed by atoms with Gasteiger partial charge in [-0.15, -0.1) is 0 Å². The zero-order valence-electron chi connectivity index (χ0n) is 23.8. The molecule has 4 aromatic rings. The standard InChI is InChI=1S/C36H32Cl2N2O3/c1-2-3-20-43-31-16-13-28(14-17-31)27-11-8-25(9-12-27)10-19-35-39-34(32-18-15-30(37)22-33(32)38)24-40(35)23-26-6-4-5-7-29(21-26)36(41)42/h4-5,7-19,21-22,24H,2-3,6,20,23H2,1H3,(H,41,42)/b19-10+. The number of unbranched alkanes of at least 4 members (excludes halogenated alkanes) is 1. The van der Waals surface area contributed by atoms with Crippen LogP contribution >= 0.6 is 23.2 Å². The summed E-state index contributed by atoms with van der Waals surface area (Å²) in [5.41, 5.74) is 5.95. The van der Waals surface area contributed by atoms with Crippen molar-refractivity contribution >= 4 is 41.3 Å². The van der Waals surface area contributed by atoms with Gasteiger partial charge >= 0.3 is 5.97 Å². The zero-order chi connectivity index (χ0) is 30.2. The van der Waals surface area contributed by atoms with Gasteiger partial charge in [-0.2, -0.15) is 0 Å². The molecule has 3 aromatic carbocycles. The maximum Gasteiger partial charge on any atom is 0.335 e. The van der Waals surface area contributed by atoms with Crippen molar-refractivity contribution in [2.75, 3.05) is 6.61 Å². The number of aromatic nitrogens is 2. The molecule has 0 radical (unpaired) electrons. The number of hydrogen-bond donors (Lipinski definition) is 1. The molecule has 5 nitrogen and oxygen atoms in total. The number of carboxylic acid groups (broad SMARTS) is 1. The molecular formula is C36H32Cl2N2O3. The molecule has 0 spiro atoms. The van der Waals surface area contributed by atoms with Crippen LogP contribution in [0.3, 0.4) is 0 Å². The molecule has 1 aliphatic carbocycles.